The first-order valence-electron chi connectivity index (χ1n) is 9.21. The van der Waals surface area contributed by atoms with Gasteiger partial charge in [-0.3, -0.25) is 10.1 Å². The van der Waals surface area contributed by atoms with Crippen molar-refractivity contribution in [1.82, 2.24) is 24.2 Å². The summed E-state index contributed by atoms with van der Waals surface area (Å²) in [4.78, 5) is 4.20. The topological polar surface area (TPSA) is 66.1 Å². The smallest absolute Gasteiger partial charge is 0.173 e. The second kappa shape index (κ2) is 8.47. The third-order valence-electron chi connectivity index (χ3n) is 5.09. The number of morpholine rings is 1. The lowest BCUT2D eigenvalue weighted by Crippen LogP contribution is -2.37. The summed E-state index contributed by atoms with van der Waals surface area (Å²) in [6.07, 6.45) is 5.66. The number of ether oxygens (including phenoxy) is 1. The zero-order valence-electron chi connectivity index (χ0n) is 14.7. The Kier molecular flexibility index (Phi) is 5.84. The number of nitrogens with zero attached hydrogens (tertiary/aromatic N) is 3. The third kappa shape index (κ3) is 4.09. The molecule has 0 atom stereocenters. The zero-order chi connectivity index (χ0) is 17.8. The molecule has 3 heterocycles. The molecule has 2 aromatic rings. The molecular weight excluding hydrogens is 353 g/mol. The molecule has 1 aliphatic heterocycles. The maximum absolute atomic E-state index is 14.8. The molecule has 2 aromatic heterocycles. The number of aromatic nitrogens is 3. The Labute approximate surface area is 157 Å². The van der Waals surface area contributed by atoms with Crippen LogP contribution in [-0.2, 0) is 4.74 Å². The zero-order valence-corrected chi connectivity index (χ0v) is 15.5. The number of pyridine rings is 1. The summed E-state index contributed by atoms with van der Waals surface area (Å²) in [6.45, 7) is 3.53. The number of rotatable bonds is 5. The van der Waals surface area contributed by atoms with E-state index in [2.05, 4.69) is 24.2 Å². The van der Waals surface area contributed by atoms with Gasteiger partial charge in [-0.15, -0.1) is 0 Å². The molecular formula is C18H24FN5OS. The van der Waals surface area contributed by atoms with E-state index in [4.69, 9.17) is 4.74 Å². The van der Waals surface area contributed by atoms with Crippen molar-refractivity contribution in [1.29, 1.82) is 0 Å². The second-order valence-electron chi connectivity index (χ2n) is 6.81. The van der Waals surface area contributed by atoms with Gasteiger partial charge in [-0.25, -0.2) is 13.4 Å². The Bertz CT molecular complexity index is 699. The van der Waals surface area contributed by atoms with Crippen molar-refractivity contribution in [3.63, 3.8) is 0 Å². The average Bonchev–Trinajstić information content (AvgIpc) is 3.10. The molecule has 26 heavy (non-hydrogen) atoms. The molecule has 4 rings (SSSR count). The molecule has 0 spiro atoms. The molecule has 0 radical (unpaired) electrons. The van der Waals surface area contributed by atoms with Gasteiger partial charge in [0, 0.05) is 43.4 Å². The minimum absolute atomic E-state index is 0.200. The number of hydrogen-bond acceptors (Lipinski definition) is 6. The van der Waals surface area contributed by atoms with Gasteiger partial charge in [0.1, 0.15) is 5.69 Å². The van der Waals surface area contributed by atoms with Gasteiger partial charge in [0.25, 0.3) is 0 Å². The summed E-state index contributed by atoms with van der Waals surface area (Å²) in [5.41, 5.74) is 1.53. The van der Waals surface area contributed by atoms with E-state index >= 15 is 0 Å². The van der Waals surface area contributed by atoms with Crippen LogP contribution in [-0.4, -0.2) is 51.8 Å². The Morgan fingerprint density at radius 1 is 1.19 bits per heavy atom. The lowest BCUT2D eigenvalue weighted by atomic mass is 9.84. The van der Waals surface area contributed by atoms with E-state index in [1.54, 1.807) is 24.4 Å². The average molecular weight is 377 g/mol. The standard InChI is InChI=1S/C18H24FN5OS/c19-16-17(21-22-18(16)15-3-1-2-8-20-15)13-4-6-14(7-5-13)23-26-24-9-11-25-12-10-24/h1-3,8,13-14,23H,4-7,9-12H2,(H,21,22). The molecule has 1 aliphatic carbocycles. The summed E-state index contributed by atoms with van der Waals surface area (Å²) in [7, 11) is 0. The van der Waals surface area contributed by atoms with E-state index < -0.39 is 0 Å². The van der Waals surface area contributed by atoms with Crippen molar-refractivity contribution in [2.45, 2.75) is 37.6 Å². The number of hydrogen-bond donors (Lipinski definition) is 2. The fourth-order valence-electron chi connectivity index (χ4n) is 3.57. The van der Waals surface area contributed by atoms with Crippen molar-refractivity contribution in [2.75, 3.05) is 26.3 Å². The first-order valence-corrected chi connectivity index (χ1v) is 9.99. The Hall–Kier alpha value is -1.48. The number of nitrogens with one attached hydrogen (secondary N) is 2. The molecule has 2 N–H and O–H groups in total. The highest BCUT2D eigenvalue weighted by Crippen LogP contribution is 2.35. The lowest BCUT2D eigenvalue weighted by molar-refractivity contribution is 0.0768. The summed E-state index contributed by atoms with van der Waals surface area (Å²) in [5, 5.41) is 7.10. The van der Waals surface area contributed by atoms with Gasteiger partial charge in [-0.05, 0) is 37.8 Å². The van der Waals surface area contributed by atoms with Gasteiger partial charge in [-0.2, -0.15) is 5.10 Å². The van der Waals surface area contributed by atoms with Crippen LogP contribution < -0.4 is 4.72 Å². The third-order valence-corrected chi connectivity index (χ3v) is 6.16. The SMILES string of the molecule is Fc1c(-c2ccccn2)n[nH]c1C1CCC(NSN2CCOCC2)CC1. The quantitative estimate of drug-likeness (QED) is 0.781. The summed E-state index contributed by atoms with van der Waals surface area (Å²) < 4.78 is 26.1. The minimum Gasteiger partial charge on any atom is -0.379 e. The predicted molar refractivity (Wildman–Crippen MR) is 99.9 cm³/mol. The van der Waals surface area contributed by atoms with Crippen molar-refractivity contribution in [3.8, 4) is 11.4 Å². The molecule has 0 bridgehead atoms. The second-order valence-corrected chi connectivity index (χ2v) is 7.75. The van der Waals surface area contributed by atoms with Crippen molar-refractivity contribution >= 4 is 12.1 Å². The predicted octanol–water partition coefficient (Wildman–Crippen LogP) is 3.12. The number of H-pyrrole nitrogens is 1. The van der Waals surface area contributed by atoms with Gasteiger partial charge in [0.2, 0.25) is 0 Å². The monoisotopic (exact) mass is 377 g/mol. The lowest BCUT2D eigenvalue weighted by Gasteiger charge is -2.31. The summed E-state index contributed by atoms with van der Waals surface area (Å²) >= 11 is 1.71. The van der Waals surface area contributed by atoms with E-state index in [-0.39, 0.29) is 11.7 Å². The molecule has 6 nitrogen and oxygen atoms in total. The van der Waals surface area contributed by atoms with E-state index in [1.807, 2.05) is 12.1 Å². The van der Waals surface area contributed by atoms with Crippen molar-refractivity contribution in [2.24, 2.45) is 0 Å². The van der Waals surface area contributed by atoms with Crippen LogP contribution in [0.2, 0.25) is 0 Å². The van der Waals surface area contributed by atoms with Crippen LogP contribution in [0.3, 0.4) is 0 Å². The van der Waals surface area contributed by atoms with E-state index in [0.717, 1.165) is 52.0 Å². The Balaban J connectivity index is 1.31. The van der Waals surface area contributed by atoms with Crippen LogP contribution in [0.5, 0.6) is 0 Å². The van der Waals surface area contributed by atoms with Crippen LogP contribution in [0.25, 0.3) is 11.4 Å². The largest absolute Gasteiger partial charge is 0.379 e. The van der Waals surface area contributed by atoms with Crippen molar-refractivity contribution in [3.05, 3.63) is 35.9 Å². The maximum Gasteiger partial charge on any atom is 0.173 e. The van der Waals surface area contributed by atoms with Crippen LogP contribution in [0, 0.1) is 5.82 Å². The van der Waals surface area contributed by atoms with Gasteiger partial charge in [-0.1, -0.05) is 6.07 Å². The van der Waals surface area contributed by atoms with Crippen LogP contribution >= 0.6 is 12.1 Å². The van der Waals surface area contributed by atoms with Gasteiger partial charge >= 0.3 is 0 Å². The number of aromatic amines is 1. The Morgan fingerprint density at radius 3 is 2.73 bits per heavy atom. The van der Waals surface area contributed by atoms with Crippen LogP contribution in [0.1, 0.15) is 37.3 Å². The molecule has 2 fully saturated rings. The van der Waals surface area contributed by atoms with Crippen LogP contribution in [0.4, 0.5) is 4.39 Å². The highest BCUT2D eigenvalue weighted by Gasteiger charge is 2.28. The van der Waals surface area contributed by atoms with Gasteiger partial charge in [0.05, 0.1) is 24.6 Å². The van der Waals surface area contributed by atoms with Gasteiger partial charge < -0.3 is 4.74 Å². The van der Waals surface area contributed by atoms with E-state index in [9.17, 15) is 4.39 Å². The van der Waals surface area contributed by atoms with E-state index in [1.165, 1.54) is 0 Å². The highest BCUT2D eigenvalue weighted by molar-refractivity contribution is 7.95. The van der Waals surface area contributed by atoms with Crippen LogP contribution in [0.15, 0.2) is 24.4 Å². The van der Waals surface area contributed by atoms with E-state index in [0.29, 0.717) is 23.1 Å². The van der Waals surface area contributed by atoms with Gasteiger partial charge in [0.15, 0.2) is 5.82 Å². The first kappa shape index (κ1) is 17.9. The molecule has 0 unspecified atom stereocenters. The normalized spacial score (nSPS) is 24.7. The minimum atomic E-state index is -0.247. The molecule has 0 aromatic carbocycles. The molecule has 1 saturated heterocycles. The maximum atomic E-state index is 14.8. The fourth-order valence-corrected chi connectivity index (χ4v) is 4.44. The van der Waals surface area contributed by atoms with Crippen molar-refractivity contribution < 1.29 is 9.13 Å². The fraction of sp³-hybridized carbons (Fsp3) is 0.556. The number of halogens is 1. The first-order chi connectivity index (χ1) is 12.8. The molecule has 8 heteroatoms. The molecule has 140 valence electrons. The molecule has 2 aliphatic rings. The summed E-state index contributed by atoms with van der Waals surface area (Å²) in [6, 6.07) is 5.92. The summed E-state index contributed by atoms with van der Waals surface area (Å²) in [5.74, 6) is -0.0470. The molecule has 0 amide bonds. The Morgan fingerprint density at radius 2 is 2.00 bits per heavy atom. The highest BCUT2D eigenvalue weighted by atomic mass is 32.2. The molecule has 1 saturated carbocycles.